The number of thiol groups is 1. The first-order valence-electron chi connectivity index (χ1n) is 3.04. The third-order valence-corrected chi connectivity index (χ3v) is 1.41. The van der Waals surface area contributed by atoms with Gasteiger partial charge in [0.1, 0.15) is 0 Å². The molecule has 0 radical (unpaired) electrons. The van der Waals surface area contributed by atoms with Gasteiger partial charge in [0.2, 0.25) is 5.95 Å². The molecule has 0 bridgehead atoms. The highest BCUT2D eigenvalue weighted by atomic mass is 32.1. The predicted octanol–water partition coefficient (Wildman–Crippen LogP) is 1.69. The van der Waals surface area contributed by atoms with Crippen molar-refractivity contribution in [1.29, 1.82) is 0 Å². The van der Waals surface area contributed by atoms with Gasteiger partial charge in [-0.25, -0.2) is 4.98 Å². The third kappa shape index (κ3) is 1.99. The number of nitrogens with zero attached hydrogens (tertiary/aromatic N) is 1. The van der Waals surface area contributed by atoms with E-state index in [0.29, 0.717) is 0 Å². The minimum Gasteiger partial charge on any atom is -0.228 e. The lowest BCUT2D eigenvalue weighted by Gasteiger charge is -1.94. The standard InChI is InChI=1S/C7H8FNS/c8-7-2-1-6(3-4-10)5-9-7/h1-2,5,10H,3-4H2. The Hall–Kier alpha value is -0.570. The van der Waals surface area contributed by atoms with Crippen LogP contribution < -0.4 is 0 Å². The van der Waals surface area contributed by atoms with Gasteiger partial charge >= 0.3 is 0 Å². The molecule has 0 spiro atoms. The summed E-state index contributed by atoms with van der Waals surface area (Å²) in [4.78, 5) is 3.50. The van der Waals surface area contributed by atoms with Gasteiger partial charge in [-0.15, -0.1) is 0 Å². The van der Waals surface area contributed by atoms with Crippen LogP contribution in [0.1, 0.15) is 5.56 Å². The zero-order valence-corrected chi connectivity index (χ0v) is 6.31. The van der Waals surface area contributed by atoms with E-state index < -0.39 is 5.95 Å². The highest BCUT2D eigenvalue weighted by molar-refractivity contribution is 7.80. The maximum Gasteiger partial charge on any atom is 0.212 e. The fourth-order valence-electron chi connectivity index (χ4n) is 0.683. The van der Waals surface area contributed by atoms with Gasteiger partial charge in [-0.3, -0.25) is 0 Å². The van der Waals surface area contributed by atoms with Gasteiger partial charge in [-0.1, -0.05) is 6.07 Å². The summed E-state index contributed by atoms with van der Waals surface area (Å²) in [5, 5.41) is 0. The highest BCUT2D eigenvalue weighted by Gasteiger charge is 1.91. The van der Waals surface area contributed by atoms with Crippen molar-refractivity contribution >= 4 is 12.6 Å². The Bertz CT molecular complexity index is 197. The van der Waals surface area contributed by atoms with E-state index >= 15 is 0 Å². The minimum absolute atomic E-state index is 0.428. The van der Waals surface area contributed by atoms with E-state index in [4.69, 9.17) is 0 Å². The second-order valence-corrected chi connectivity index (χ2v) is 2.41. The molecule has 1 aromatic rings. The van der Waals surface area contributed by atoms with E-state index in [1.54, 1.807) is 6.07 Å². The second kappa shape index (κ2) is 3.56. The first-order valence-corrected chi connectivity index (χ1v) is 3.67. The van der Waals surface area contributed by atoms with Crippen molar-refractivity contribution in [1.82, 2.24) is 4.98 Å². The smallest absolute Gasteiger partial charge is 0.212 e. The number of rotatable bonds is 2. The fraction of sp³-hybridized carbons (Fsp3) is 0.286. The summed E-state index contributed by atoms with van der Waals surface area (Å²) in [6.45, 7) is 0. The minimum atomic E-state index is -0.428. The van der Waals surface area contributed by atoms with Crippen molar-refractivity contribution in [3.63, 3.8) is 0 Å². The molecule has 0 atom stereocenters. The largest absolute Gasteiger partial charge is 0.228 e. The Morgan fingerprint density at radius 2 is 2.30 bits per heavy atom. The average Bonchev–Trinajstić information content (AvgIpc) is 1.95. The predicted molar refractivity (Wildman–Crippen MR) is 41.8 cm³/mol. The van der Waals surface area contributed by atoms with Crippen LogP contribution in [0.4, 0.5) is 4.39 Å². The summed E-state index contributed by atoms with van der Waals surface area (Å²) in [6.07, 6.45) is 2.38. The lowest BCUT2D eigenvalue weighted by molar-refractivity contribution is 0.582. The van der Waals surface area contributed by atoms with Gasteiger partial charge in [-0.05, 0) is 23.8 Å². The van der Waals surface area contributed by atoms with Crippen molar-refractivity contribution < 1.29 is 4.39 Å². The molecule has 0 aliphatic heterocycles. The molecule has 0 saturated carbocycles. The molecule has 1 heterocycles. The summed E-state index contributed by atoms with van der Waals surface area (Å²) in [5.41, 5.74) is 1.02. The van der Waals surface area contributed by atoms with Gasteiger partial charge in [0.25, 0.3) is 0 Å². The van der Waals surface area contributed by atoms with E-state index in [-0.39, 0.29) is 0 Å². The van der Waals surface area contributed by atoms with Crippen LogP contribution in [-0.2, 0) is 6.42 Å². The van der Waals surface area contributed by atoms with E-state index in [0.717, 1.165) is 17.7 Å². The number of hydrogen-bond donors (Lipinski definition) is 1. The molecule has 0 N–H and O–H groups in total. The molecule has 0 saturated heterocycles. The maximum atomic E-state index is 12.2. The van der Waals surface area contributed by atoms with Crippen LogP contribution in [0.5, 0.6) is 0 Å². The Balaban J connectivity index is 2.69. The summed E-state index contributed by atoms with van der Waals surface area (Å²) in [5.74, 6) is 0.343. The quantitative estimate of drug-likeness (QED) is 0.509. The number of halogens is 1. The third-order valence-electron chi connectivity index (χ3n) is 1.19. The molecular weight excluding hydrogens is 149 g/mol. The monoisotopic (exact) mass is 157 g/mol. The molecule has 0 aliphatic carbocycles. The summed E-state index contributed by atoms with van der Waals surface area (Å²) in [6, 6.07) is 3.08. The van der Waals surface area contributed by atoms with Crippen LogP contribution in [0, 0.1) is 5.95 Å². The SMILES string of the molecule is Fc1ccc(CCS)cn1. The van der Waals surface area contributed by atoms with Crippen LogP contribution in [0.2, 0.25) is 0 Å². The van der Waals surface area contributed by atoms with Crippen molar-refractivity contribution in [2.45, 2.75) is 6.42 Å². The molecule has 0 fully saturated rings. The first kappa shape index (κ1) is 7.54. The second-order valence-electron chi connectivity index (χ2n) is 1.96. The van der Waals surface area contributed by atoms with Gasteiger partial charge in [0.05, 0.1) is 0 Å². The van der Waals surface area contributed by atoms with E-state index in [9.17, 15) is 4.39 Å². The molecule has 0 unspecified atom stereocenters. The molecule has 0 aromatic carbocycles. The van der Waals surface area contributed by atoms with Crippen molar-refractivity contribution in [3.8, 4) is 0 Å². The molecule has 1 rings (SSSR count). The zero-order chi connectivity index (χ0) is 7.40. The lowest BCUT2D eigenvalue weighted by atomic mass is 10.2. The van der Waals surface area contributed by atoms with Crippen LogP contribution in [-0.4, -0.2) is 10.7 Å². The Morgan fingerprint density at radius 1 is 1.50 bits per heavy atom. The Kier molecular flexibility index (Phi) is 2.68. The van der Waals surface area contributed by atoms with E-state index in [1.807, 2.05) is 0 Å². The maximum absolute atomic E-state index is 12.2. The Morgan fingerprint density at radius 3 is 2.80 bits per heavy atom. The first-order chi connectivity index (χ1) is 4.83. The average molecular weight is 157 g/mol. The van der Waals surface area contributed by atoms with E-state index in [1.165, 1.54) is 12.3 Å². The molecule has 0 aliphatic rings. The molecule has 10 heavy (non-hydrogen) atoms. The number of pyridine rings is 1. The topological polar surface area (TPSA) is 12.9 Å². The summed E-state index contributed by atoms with van der Waals surface area (Å²) >= 11 is 4.04. The normalized spacial score (nSPS) is 9.80. The van der Waals surface area contributed by atoms with Crippen molar-refractivity contribution in [2.75, 3.05) is 5.75 Å². The number of aryl methyl sites for hydroxylation is 1. The highest BCUT2D eigenvalue weighted by Crippen LogP contribution is 2.00. The van der Waals surface area contributed by atoms with Crippen molar-refractivity contribution in [3.05, 3.63) is 29.8 Å². The van der Waals surface area contributed by atoms with Crippen LogP contribution in [0.15, 0.2) is 18.3 Å². The van der Waals surface area contributed by atoms with Crippen LogP contribution in [0.3, 0.4) is 0 Å². The summed E-state index contributed by atoms with van der Waals surface area (Å²) < 4.78 is 12.2. The van der Waals surface area contributed by atoms with Crippen molar-refractivity contribution in [2.24, 2.45) is 0 Å². The molecular formula is C7H8FNS. The fourth-order valence-corrected chi connectivity index (χ4v) is 0.942. The molecule has 54 valence electrons. The van der Waals surface area contributed by atoms with E-state index in [2.05, 4.69) is 17.6 Å². The number of hydrogen-bond acceptors (Lipinski definition) is 2. The van der Waals surface area contributed by atoms with Gasteiger partial charge < -0.3 is 0 Å². The lowest BCUT2D eigenvalue weighted by Crippen LogP contribution is -1.88. The van der Waals surface area contributed by atoms with Crippen LogP contribution >= 0.6 is 12.6 Å². The zero-order valence-electron chi connectivity index (χ0n) is 5.42. The van der Waals surface area contributed by atoms with Gasteiger partial charge in [-0.2, -0.15) is 17.0 Å². The van der Waals surface area contributed by atoms with Gasteiger partial charge in [0.15, 0.2) is 0 Å². The van der Waals surface area contributed by atoms with Crippen LogP contribution in [0.25, 0.3) is 0 Å². The molecule has 0 amide bonds. The Labute approximate surface area is 64.7 Å². The molecule has 3 heteroatoms. The molecule has 1 nitrogen and oxygen atoms in total. The molecule has 1 aromatic heterocycles. The van der Waals surface area contributed by atoms with Gasteiger partial charge in [0, 0.05) is 6.20 Å². The summed E-state index contributed by atoms with van der Waals surface area (Å²) in [7, 11) is 0. The number of aromatic nitrogens is 1.